The van der Waals surface area contributed by atoms with Crippen LogP contribution in [0.2, 0.25) is 5.02 Å². The first-order valence-corrected chi connectivity index (χ1v) is 12.3. The van der Waals surface area contributed by atoms with Crippen molar-refractivity contribution in [1.82, 2.24) is 9.66 Å². The maximum atomic E-state index is 13.2. The Balaban J connectivity index is 1.69. The molecule has 0 unspecified atom stereocenters. The highest BCUT2D eigenvalue weighted by atomic mass is 79.9. The molecule has 180 valence electrons. The Morgan fingerprint density at radius 2 is 1.97 bits per heavy atom. The summed E-state index contributed by atoms with van der Waals surface area (Å²) in [6, 6.07) is 17.0. The maximum Gasteiger partial charge on any atom is 0.282 e. The summed E-state index contributed by atoms with van der Waals surface area (Å²) in [6.45, 7) is 6.33. The van der Waals surface area contributed by atoms with Crippen molar-refractivity contribution in [2.24, 2.45) is 5.10 Å². The van der Waals surface area contributed by atoms with E-state index in [-0.39, 0.29) is 11.5 Å². The molecule has 0 aliphatic heterocycles. The van der Waals surface area contributed by atoms with Crippen molar-refractivity contribution < 1.29 is 9.47 Å². The zero-order chi connectivity index (χ0) is 25.1. The number of halogens is 2. The van der Waals surface area contributed by atoms with E-state index in [9.17, 15) is 4.79 Å². The van der Waals surface area contributed by atoms with Gasteiger partial charge in [-0.25, -0.2) is 4.98 Å². The summed E-state index contributed by atoms with van der Waals surface area (Å²) in [5, 5.41) is 5.34. The van der Waals surface area contributed by atoms with Crippen molar-refractivity contribution >= 4 is 44.6 Å². The van der Waals surface area contributed by atoms with Crippen LogP contribution in [0.5, 0.6) is 11.5 Å². The first-order valence-electron chi connectivity index (χ1n) is 11.1. The van der Waals surface area contributed by atoms with E-state index in [4.69, 9.17) is 21.1 Å². The van der Waals surface area contributed by atoms with Crippen molar-refractivity contribution in [2.45, 2.75) is 33.3 Å². The van der Waals surface area contributed by atoms with E-state index in [1.54, 1.807) is 31.5 Å². The fourth-order valence-corrected chi connectivity index (χ4v) is 4.32. The minimum absolute atomic E-state index is 0.0107. The highest BCUT2D eigenvalue weighted by Crippen LogP contribution is 2.36. The molecule has 0 atom stereocenters. The number of hydrogen-bond donors (Lipinski definition) is 0. The quantitative estimate of drug-likeness (QED) is 0.238. The van der Waals surface area contributed by atoms with Crippen LogP contribution in [0, 0.1) is 6.92 Å². The Morgan fingerprint density at radius 3 is 2.69 bits per heavy atom. The number of aryl methyl sites for hydroxylation is 1. The Kier molecular flexibility index (Phi) is 7.57. The Morgan fingerprint density at radius 1 is 1.17 bits per heavy atom. The van der Waals surface area contributed by atoms with Gasteiger partial charge in [0.15, 0.2) is 11.5 Å². The molecule has 8 heteroatoms. The monoisotopic (exact) mass is 553 g/mol. The fourth-order valence-electron chi connectivity index (χ4n) is 3.69. The molecule has 0 aliphatic rings. The lowest BCUT2D eigenvalue weighted by atomic mass is 10.1. The second-order valence-electron chi connectivity index (χ2n) is 8.46. The first kappa shape index (κ1) is 24.9. The third-order valence-electron chi connectivity index (χ3n) is 5.39. The number of aromatic nitrogens is 2. The molecule has 0 saturated carbocycles. The van der Waals surface area contributed by atoms with Gasteiger partial charge in [0.25, 0.3) is 5.56 Å². The summed E-state index contributed by atoms with van der Waals surface area (Å²) in [7, 11) is 1.55. The number of rotatable bonds is 7. The molecule has 0 spiro atoms. The molecule has 3 aromatic carbocycles. The van der Waals surface area contributed by atoms with Gasteiger partial charge < -0.3 is 9.47 Å². The van der Waals surface area contributed by atoms with E-state index in [0.29, 0.717) is 45.4 Å². The summed E-state index contributed by atoms with van der Waals surface area (Å²) in [6.07, 6.45) is 1.57. The minimum Gasteiger partial charge on any atom is -0.493 e. The smallest absolute Gasteiger partial charge is 0.282 e. The molecule has 0 radical (unpaired) electrons. The second-order valence-corrected chi connectivity index (χ2v) is 9.78. The van der Waals surface area contributed by atoms with Gasteiger partial charge in [-0.3, -0.25) is 4.79 Å². The third kappa shape index (κ3) is 5.57. The minimum atomic E-state index is -0.243. The van der Waals surface area contributed by atoms with Crippen molar-refractivity contribution in [3.63, 3.8) is 0 Å². The van der Waals surface area contributed by atoms with Gasteiger partial charge in [0.05, 0.1) is 29.2 Å². The number of hydrogen-bond acceptors (Lipinski definition) is 5. The number of benzene rings is 3. The van der Waals surface area contributed by atoms with Crippen LogP contribution in [0.3, 0.4) is 0 Å². The largest absolute Gasteiger partial charge is 0.493 e. The zero-order valence-electron chi connectivity index (χ0n) is 19.9. The molecule has 0 N–H and O–H groups in total. The van der Waals surface area contributed by atoms with Gasteiger partial charge in [0, 0.05) is 10.4 Å². The molecule has 4 rings (SSSR count). The average molecular weight is 555 g/mol. The summed E-state index contributed by atoms with van der Waals surface area (Å²) in [5.74, 6) is 1.48. The lowest BCUT2D eigenvalue weighted by Crippen LogP contribution is -2.23. The molecule has 0 amide bonds. The molecular weight excluding hydrogens is 530 g/mol. The van der Waals surface area contributed by atoms with Crippen molar-refractivity contribution in [3.05, 3.63) is 97.0 Å². The van der Waals surface area contributed by atoms with Gasteiger partial charge in [-0.2, -0.15) is 9.78 Å². The van der Waals surface area contributed by atoms with E-state index in [0.717, 1.165) is 15.6 Å². The number of fused-ring (bicyclic) bond motifs is 1. The first-order chi connectivity index (χ1) is 16.8. The molecule has 0 aliphatic carbocycles. The Hall–Kier alpha value is -3.16. The van der Waals surface area contributed by atoms with Gasteiger partial charge in [-0.1, -0.05) is 71.2 Å². The van der Waals surface area contributed by atoms with E-state index in [1.807, 2.05) is 51.1 Å². The van der Waals surface area contributed by atoms with E-state index in [2.05, 4.69) is 32.1 Å². The van der Waals surface area contributed by atoms with Crippen LogP contribution in [-0.4, -0.2) is 23.0 Å². The van der Waals surface area contributed by atoms with Gasteiger partial charge in [-0.15, -0.1) is 0 Å². The van der Waals surface area contributed by atoms with Crippen molar-refractivity contribution in [2.75, 3.05) is 7.11 Å². The zero-order valence-corrected chi connectivity index (χ0v) is 22.2. The maximum absolute atomic E-state index is 13.2. The lowest BCUT2D eigenvalue weighted by Gasteiger charge is -2.14. The molecular formula is C27H25BrClN3O3. The molecule has 0 fully saturated rings. The lowest BCUT2D eigenvalue weighted by molar-refractivity contribution is 0.284. The van der Waals surface area contributed by atoms with Crippen molar-refractivity contribution in [1.29, 1.82) is 0 Å². The van der Waals surface area contributed by atoms with Gasteiger partial charge in [-0.05, 0) is 48.4 Å². The molecule has 4 aromatic rings. The molecule has 1 aromatic heterocycles. The Bertz CT molecular complexity index is 1480. The summed E-state index contributed by atoms with van der Waals surface area (Å²) in [5.41, 5.74) is 3.23. The third-order valence-corrected chi connectivity index (χ3v) is 6.16. The van der Waals surface area contributed by atoms with Gasteiger partial charge in [0.2, 0.25) is 0 Å². The fraction of sp³-hybridized carbons (Fsp3) is 0.222. The van der Waals surface area contributed by atoms with Crippen LogP contribution < -0.4 is 15.0 Å². The van der Waals surface area contributed by atoms with Gasteiger partial charge >= 0.3 is 0 Å². The van der Waals surface area contributed by atoms with E-state index < -0.39 is 0 Å². The number of methoxy groups -OCH3 is 1. The highest BCUT2D eigenvalue weighted by molar-refractivity contribution is 9.10. The van der Waals surface area contributed by atoms with Crippen LogP contribution >= 0.6 is 27.5 Å². The van der Waals surface area contributed by atoms with Crippen LogP contribution in [0.1, 0.15) is 42.3 Å². The average Bonchev–Trinajstić information content (AvgIpc) is 2.82. The molecule has 0 bridgehead atoms. The molecule has 1 heterocycles. The van der Waals surface area contributed by atoms with Crippen LogP contribution in [-0.2, 0) is 6.61 Å². The molecule has 35 heavy (non-hydrogen) atoms. The summed E-state index contributed by atoms with van der Waals surface area (Å²) < 4.78 is 13.6. The second kappa shape index (κ2) is 10.6. The predicted molar refractivity (Wildman–Crippen MR) is 144 cm³/mol. The van der Waals surface area contributed by atoms with E-state index in [1.165, 1.54) is 4.68 Å². The predicted octanol–water partition coefficient (Wildman–Crippen LogP) is 6.71. The van der Waals surface area contributed by atoms with Crippen LogP contribution in [0.4, 0.5) is 0 Å². The number of nitrogens with zero attached hydrogens (tertiary/aromatic N) is 3. The number of ether oxygens (including phenoxy) is 2. The normalized spacial score (nSPS) is 11.5. The topological polar surface area (TPSA) is 65.7 Å². The summed E-state index contributed by atoms with van der Waals surface area (Å²) in [4.78, 5) is 17.9. The van der Waals surface area contributed by atoms with Crippen LogP contribution in [0.15, 0.2) is 69.0 Å². The van der Waals surface area contributed by atoms with Crippen LogP contribution in [0.25, 0.3) is 10.9 Å². The SMILES string of the molecule is COc1cc(C=Nn2c(C(C)C)nc3ccc(Br)cc3c2=O)cc(Cl)c1OCc1cccc(C)c1. The Labute approximate surface area is 217 Å². The standard InChI is InChI=1S/C27H25BrClN3O3/c1-16(2)26-31-23-9-8-20(28)13-21(23)27(33)32(26)30-14-19-11-22(29)25(24(12-19)34-4)35-15-18-7-5-6-17(3)10-18/h5-14,16H,15H2,1-4H3. The molecule has 0 saturated heterocycles. The summed E-state index contributed by atoms with van der Waals surface area (Å²) >= 11 is 9.97. The molecule has 6 nitrogen and oxygen atoms in total. The van der Waals surface area contributed by atoms with Gasteiger partial charge in [0.1, 0.15) is 12.4 Å². The van der Waals surface area contributed by atoms with Crippen molar-refractivity contribution in [3.8, 4) is 11.5 Å². The van der Waals surface area contributed by atoms with E-state index >= 15 is 0 Å². The highest BCUT2D eigenvalue weighted by Gasteiger charge is 2.15.